The molecule has 1 rings (SSSR count). The Morgan fingerprint density at radius 2 is 2.16 bits per heavy atom. The van der Waals surface area contributed by atoms with E-state index < -0.39 is 0 Å². The standard InChI is InChI=1S/C13H19BrN2O3/c1-10(2)15(7-4-8-17)9-11-5-3-6-12(13(11)14)16(18)19/h3,5-6,10,17H,4,7-9H2,1-2H3. The smallest absolute Gasteiger partial charge is 0.283 e. The average molecular weight is 331 g/mol. The summed E-state index contributed by atoms with van der Waals surface area (Å²) in [5, 5.41) is 19.8. The Balaban J connectivity index is 2.90. The molecule has 0 heterocycles. The van der Waals surface area contributed by atoms with Crippen molar-refractivity contribution in [3.8, 4) is 0 Å². The van der Waals surface area contributed by atoms with Gasteiger partial charge in [0.2, 0.25) is 0 Å². The monoisotopic (exact) mass is 330 g/mol. The Bertz CT molecular complexity index is 438. The molecule has 0 aromatic heterocycles. The van der Waals surface area contributed by atoms with Crippen molar-refractivity contribution in [2.24, 2.45) is 0 Å². The van der Waals surface area contributed by atoms with Gasteiger partial charge in [-0.05, 0) is 41.8 Å². The second kappa shape index (κ2) is 7.57. The van der Waals surface area contributed by atoms with Gasteiger partial charge in [-0.2, -0.15) is 0 Å². The molecule has 1 N–H and O–H groups in total. The van der Waals surface area contributed by atoms with E-state index in [-0.39, 0.29) is 17.2 Å². The average Bonchev–Trinajstić information content (AvgIpc) is 2.35. The highest BCUT2D eigenvalue weighted by Gasteiger charge is 2.17. The van der Waals surface area contributed by atoms with Gasteiger partial charge in [0, 0.05) is 31.8 Å². The molecule has 19 heavy (non-hydrogen) atoms. The van der Waals surface area contributed by atoms with Crippen LogP contribution in [0.5, 0.6) is 0 Å². The molecule has 0 bridgehead atoms. The SMILES string of the molecule is CC(C)N(CCCO)Cc1cccc([N+](=O)[O-])c1Br. The number of nitro benzene ring substituents is 1. The fraction of sp³-hybridized carbons (Fsp3) is 0.538. The molecule has 0 amide bonds. The molecule has 0 aliphatic heterocycles. The zero-order valence-electron chi connectivity index (χ0n) is 11.2. The molecule has 0 saturated heterocycles. The first-order valence-corrected chi connectivity index (χ1v) is 7.03. The molecule has 0 saturated carbocycles. The van der Waals surface area contributed by atoms with Gasteiger partial charge in [-0.15, -0.1) is 0 Å². The summed E-state index contributed by atoms with van der Waals surface area (Å²) in [6.07, 6.45) is 0.699. The van der Waals surface area contributed by atoms with Crippen molar-refractivity contribution < 1.29 is 10.0 Å². The molecule has 0 aliphatic rings. The van der Waals surface area contributed by atoms with Crippen molar-refractivity contribution >= 4 is 21.6 Å². The van der Waals surface area contributed by atoms with E-state index >= 15 is 0 Å². The number of nitrogens with zero attached hydrogens (tertiary/aromatic N) is 2. The van der Waals surface area contributed by atoms with E-state index in [9.17, 15) is 10.1 Å². The van der Waals surface area contributed by atoms with Crippen LogP contribution in [-0.2, 0) is 6.54 Å². The van der Waals surface area contributed by atoms with Crippen LogP contribution >= 0.6 is 15.9 Å². The van der Waals surface area contributed by atoms with Gasteiger partial charge >= 0.3 is 0 Å². The summed E-state index contributed by atoms with van der Waals surface area (Å²) in [6, 6.07) is 5.38. The minimum absolute atomic E-state index is 0.0864. The second-order valence-corrected chi connectivity index (χ2v) is 5.44. The fourth-order valence-corrected chi connectivity index (χ4v) is 2.38. The third kappa shape index (κ3) is 4.56. The molecule has 1 aromatic rings. The van der Waals surface area contributed by atoms with Crippen LogP contribution in [0, 0.1) is 10.1 Å². The van der Waals surface area contributed by atoms with Crippen molar-refractivity contribution in [1.82, 2.24) is 4.90 Å². The van der Waals surface area contributed by atoms with Gasteiger partial charge in [0.05, 0.1) is 9.40 Å². The number of benzene rings is 1. The summed E-state index contributed by atoms with van der Waals surface area (Å²) >= 11 is 3.31. The lowest BCUT2D eigenvalue weighted by Crippen LogP contribution is -2.31. The van der Waals surface area contributed by atoms with Crippen LogP contribution in [0.2, 0.25) is 0 Å². The van der Waals surface area contributed by atoms with Crippen LogP contribution in [0.1, 0.15) is 25.8 Å². The number of hydrogen-bond acceptors (Lipinski definition) is 4. The van der Waals surface area contributed by atoms with Gasteiger partial charge in [-0.1, -0.05) is 12.1 Å². The lowest BCUT2D eigenvalue weighted by atomic mass is 10.1. The highest BCUT2D eigenvalue weighted by atomic mass is 79.9. The third-order valence-corrected chi connectivity index (χ3v) is 3.88. The Kier molecular flexibility index (Phi) is 6.41. The first kappa shape index (κ1) is 16.1. The fourth-order valence-electron chi connectivity index (χ4n) is 1.84. The van der Waals surface area contributed by atoms with E-state index in [1.54, 1.807) is 6.07 Å². The molecule has 1 aromatic carbocycles. The largest absolute Gasteiger partial charge is 0.396 e. The third-order valence-electron chi connectivity index (χ3n) is 2.96. The van der Waals surface area contributed by atoms with Crippen molar-refractivity contribution in [3.05, 3.63) is 38.3 Å². The molecule has 0 fully saturated rings. The lowest BCUT2D eigenvalue weighted by Gasteiger charge is -2.26. The Labute approximate surface area is 121 Å². The summed E-state index contributed by atoms with van der Waals surface area (Å²) < 4.78 is 0.537. The van der Waals surface area contributed by atoms with E-state index in [0.29, 0.717) is 23.5 Å². The van der Waals surface area contributed by atoms with E-state index in [1.807, 2.05) is 6.07 Å². The maximum Gasteiger partial charge on any atom is 0.283 e. The molecule has 106 valence electrons. The van der Waals surface area contributed by atoms with Crippen LogP contribution in [0.25, 0.3) is 0 Å². The number of aliphatic hydroxyl groups is 1. The number of halogens is 1. The van der Waals surface area contributed by atoms with Crippen LogP contribution in [0.4, 0.5) is 5.69 Å². The molecule has 0 aliphatic carbocycles. The molecular weight excluding hydrogens is 312 g/mol. The molecule has 6 heteroatoms. The topological polar surface area (TPSA) is 66.6 Å². The van der Waals surface area contributed by atoms with Crippen molar-refractivity contribution in [3.63, 3.8) is 0 Å². The predicted octanol–water partition coefficient (Wildman–Crippen LogP) is 2.95. The van der Waals surface area contributed by atoms with Gasteiger partial charge in [-0.3, -0.25) is 15.0 Å². The Morgan fingerprint density at radius 1 is 1.47 bits per heavy atom. The highest BCUT2D eigenvalue weighted by molar-refractivity contribution is 9.10. The number of rotatable bonds is 7. The normalized spacial score (nSPS) is 11.3. The van der Waals surface area contributed by atoms with Crippen LogP contribution in [-0.4, -0.2) is 34.1 Å². The minimum atomic E-state index is -0.388. The zero-order valence-corrected chi connectivity index (χ0v) is 12.8. The lowest BCUT2D eigenvalue weighted by molar-refractivity contribution is -0.385. The second-order valence-electron chi connectivity index (χ2n) is 4.65. The quantitative estimate of drug-likeness (QED) is 0.616. The molecular formula is C13H19BrN2O3. The van der Waals surface area contributed by atoms with Crippen LogP contribution in [0.3, 0.4) is 0 Å². The van der Waals surface area contributed by atoms with Crippen molar-refractivity contribution in [1.29, 1.82) is 0 Å². The maximum absolute atomic E-state index is 10.9. The first-order valence-electron chi connectivity index (χ1n) is 6.24. The number of hydrogen-bond donors (Lipinski definition) is 1. The van der Waals surface area contributed by atoms with Crippen molar-refractivity contribution in [2.45, 2.75) is 32.9 Å². The van der Waals surface area contributed by atoms with Gasteiger partial charge in [0.1, 0.15) is 0 Å². The Morgan fingerprint density at radius 3 is 2.68 bits per heavy atom. The van der Waals surface area contributed by atoms with Gasteiger partial charge < -0.3 is 5.11 Å². The number of aliphatic hydroxyl groups excluding tert-OH is 1. The van der Waals surface area contributed by atoms with E-state index in [4.69, 9.17) is 5.11 Å². The van der Waals surface area contributed by atoms with Crippen molar-refractivity contribution in [2.75, 3.05) is 13.2 Å². The van der Waals surface area contributed by atoms with Gasteiger partial charge in [0.15, 0.2) is 0 Å². The summed E-state index contributed by atoms with van der Waals surface area (Å²) in [5.41, 5.74) is 0.976. The molecule has 0 unspecified atom stereocenters. The van der Waals surface area contributed by atoms with Gasteiger partial charge in [-0.25, -0.2) is 0 Å². The zero-order chi connectivity index (χ0) is 14.4. The van der Waals surface area contributed by atoms with Crippen LogP contribution < -0.4 is 0 Å². The van der Waals surface area contributed by atoms with E-state index in [0.717, 1.165) is 12.1 Å². The van der Waals surface area contributed by atoms with E-state index in [2.05, 4.69) is 34.7 Å². The summed E-state index contributed by atoms with van der Waals surface area (Å²) in [6.45, 7) is 5.69. The Hall–Kier alpha value is -0.980. The number of nitro groups is 1. The predicted molar refractivity (Wildman–Crippen MR) is 78.0 cm³/mol. The first-order chi connectivity index (χ1) is 8.97. The molecule has 5 nitrogen and oxygen atoms in total. The summed E-state index contributed by atoms with van der Waals surface area (Å²) in [7, 11) is 0. The van der Waals surface area contributed by atoms with E-state index in [1.165, 1.54) is 6.07 Å². The summed E-state index contributed by atoms with van der Waals surface area (Å²) in [5.74, 6) is 0. The maximum atomic E-state index is 10.9. The highest BCUT2D eigenvalue weighted by Crippen LogP contribution is 2.29. The molecule has 0 spiro atoms. The molecule has 0 radical (unpaired) electrons. The summed E-state index contributed by atoms with van der Waals surface area (Å²) in [4.78, 5) is 12.7. The van der Waals surface area contributed by atoms with Crippen LogP contribution in [0.15, 0.2) is 22.7 Å². The molecule has 0 atom stereocenters. The van der Waals surface area contributed by atoms with Gasteiger partial charge in [0.25, 0.3) is 5.69 Å². The minimum Gasteiger partial charge on any atom is -0.396 e.